The van der Waals surface area contributed by atoms with E-state index in [1.165, 1.54) is 12.1 Å². The summed E-state index contributed by atoms with van der Waals surface area (Å²) in [6, 6.07) is 8.02. The van der Waals surface area contributed by atoms with Crippen molar-refractivity contribution in [3.05, 3.63) is 40.1 Å². The lowest BCUT2D eigenvalue weighted by atomic mass is 9.98. The number of benzene rings is 1. The Bertz CT molecular complexity index is 901. The fourth-order valence-electron chi connectivity index (χ4n) is 3.14. The van der Waals surface area contributed by atoms with E-state index in [1.54, 1.807) is 24.0 Å². The molecule has 1 saturated heterocycles. The molecule has 2 aromatic rings. The van der Waals surface area contributed by atoms with E-state index in [2.05, 4.69) is 4.98 Å². The van der Waals surface area contributed by atoms with Crippen molar-refractivity contribution in [3.8, 4) is 17.5 Å². The van der Waals surface area contributed by atoms with Crippen molar-refractivity contribution in [1.82, 2.24) is 4.98 Å². The lowest BCUT2D eigenvalue weighted by Gasteiger charge is -2.31. The molecule has 1 unspecified atom stereocenters. The Morgan fingerprint density at radius 3 is 3.00 bits per heavy atom. The number of hydrogen-bond donors (Lipinski definition) is 0. The molecular weight excluding hydrogens is 352 g/mol. The maximum atomic E-state index is 12.0. The van der Waals surface area contributed by atoms with Crippen molar-refractivity contribution in [2.75, 3.05) is 24.6 Å². The molecule has 0 saturated carbocycles. The molecule has 1 fully saturated rings. The molecule has 3 rings (SSSR count). The Morgan fingerprint density at radius 2 is 2.30 bits per heavy atom. The number of rotatable bonds is 5. The van der Waals surface area contributed by atoms with Crippen LogP contribution >= 0.6 is 0 Å². The SMILES string of the molecule is CCOC(=O)C1CCCN(c2oc(-c3ccccc3[N+](=O)[O-])nc2C#N)C1. The first-order valence-corrected chi connectivity index (χ1v) is 8.61. The molecule has 27 heavy (non-hydrogen) atoms. The molecule has 1 aromatic carbocycles. The van der Waals surface area contributed by atoms with E-state index in [1.807, 2.05) is 6.07 Å². The number of hydrogen-bond acceptors (Lipinski definition) is 8. The predicted molar refractivity (Wildman–Crippen MR) is 94.9 cm³/mol. The molecule has 0 spiro atoms. The second kappa shape index (κ2) is 7.86. The number of nitriles is 1. The molecule has 1 atom stereocenters. The van der Waals surface area contributed by atoms with Gasteiger partial charge >= 0.3 is 5.97 Å². The zero-order chi connectivity index (χ0) is 19.4. The van der Waals surface area contributed by atoms with E-state index in [9.17, 15) is 20.2 Å². The number of nitro benzene ring substituents is 1. The quantitative estimate of drug-likeness (QED) is 0.447. The molecule has 0 aliphatic carbocycles. The van der Waals surface area contributed by atoms with Crippen molar-refractivity contribution in [3.63, 3.8) is 0 Å². The van der Waals surface area contributed by atoms with Crippen molar-refractivity contribution in [1.29, 1.82) is 5.26 Å². The number of aromatic nitrogens is 1. The summed E-state index contributed by atoms with van der Waals surface area (Å²) in [7, 11) is 0. The molecule has 1 aliphatic heterocycles. The molecule has 0 N–H and O–H groups in total. The minimum Gasteiger partial charge on any atom is -0.466 e. The largest absolute Gasteiger partial charge is 0.466 e. The Hall–Kier alpha value is -3.41. The molecule has 0 bridgehead atoms. The van der Waals surface area contributed by atoms with Crippen LogP contribution in [0.15, 0.2) is 28.7 Å². The smallest absolute Gasteiger partial charge is 0.310 e. The van der Waals surface area contributed by atoms with Crippen LogP contribution in [0.25, 0.3) is 11.5 Å². The van der Waals surface area contributed by atoms with Crippen molar-refractivity contribution >= 4 is 17.5 Å². The van der Waals surface area contributed by atoms with Crippen LogP contribution < -0.4 is 4.90 Å². The molecule has 9 heteroatoms. The lowest BCUT2D eigenvalue weighted by Crippen LogP contribution is -2.39. The van der Waals surface area contributed by atoms with E-state index >= 15 is 0 Å². The highest BCUT2D eigenvalue weighted by atomic mass is 16.6. The normalized spacial score (nSPS) is 16.6. The van der Waals surface area contributed by atoms with E-state index in [0.29, 0.717) is 26.1 Å². The summed E-state index contributed by atoms with van der Waals surface area (Å²) in [5.41, 5.74) is 0.0784. The maximum absolute atomic E-state index is 12.0. The molecule has 2 heterocycles. The first-order valence-electron chi connectivity index (χ1n) is 8.61. The van der Waals surface area contributed by atoms with Gasteiger partial charge in [-0.1, -0.05) is 12.1 Å². The van der Waals surface area contributed by atoms with Crippen LogP contribution in [0.3, 0.4) is 0 Å². The topological polar surface area (TPSA) is 122 Å². The summed E-state index contributed by atoms with van der Waals surface area (Å²) in [4.78, 5) is 28.7. The van der Waals surface area contributed by atoms with Gasteiger partial charge in [0.05, 0.1) is 17.4 Å². The van der Waals surface area contributed by atoms with E-state index in [-0.39, 0.29) is 40.6 Å². The highest BCUT2D eigenvalue weighted by Crippen LogP contribution is 2.35. The summed E-state index contributed by atoms with van der Waals surface area (Å²) in [5, 5.41) is 20.7. The zero-order valence-electron chi connectivity index (χ0n) is 14.8. The van der Waals surface area contributed by atoms with Gasteiger partial charge in [-0.25, -0.2) is 0 Å². The Balaban J connectivity index is 1.93. The number of nitro groups is 1. The van der Waals surface area contributed by atoms with Crippen molar-refractivity contribution in [2.45, 2.75) is 19.8 Å². The van der Waals surface area contributed by atoms with Crippen molar-refractivity contribution in [2.24, 2.45) is 5.92 Å². The minimum absolute atomic E-state index is 0.00658. The Kier molecular flexibility index (Phi) is 5.35. The van der Waals surface area contributed by atoms with Gasteiger partial charge < -0.3 is 14.1 Å². The average molecular weight is 370 g/mol. The summed E-state index contributed by atoms with van der Waals surface area (Å²) >= 11 is 0. The fourth-order valence-corrected chi connectivity index (χ4v) is 3.14. The number of nitrogens with zero attached hydrogens (tertiary/aromatic N) is 4. The van der Waals surface area contributed by atoms with E-state index < -0.39 is 4.92 Å². The van der Waals surface area contributed by atoms with Crippen LogP contribution in [0, 0.1) is 27.4 Å². The average Bonchev–Trinajstić information content (AvgIpc) is 3.12. The van der Waals surface area contributed by atoms with Gasteiger partial charge in [-0.3, -0.25) is 14.9 Å². The number of para-hydroxylation sites is 1. The number of carbonyl (C=O) groups is 1. The Morgan fingerprint density at radius 1 is 1.52 bits per heavy atom. The second-order valence-electron chi connectivity index (χ2n) is 6.10. The number of piperidine rings is 1. The molecule has 1 aromatic heterocycles. The summed E-state index contributed by atoms with van der Waals surface area (Å²) in [6.45, 7) is 3.00. The van der Waals surface area contributed by atoms with Gasteiger partial charge in [0, 0.05) is 19.2 Å². The van der Waals surface area contributed by atoms with Gasteiger partial charge in [0.15, 0.2) is 0 Å². The molecule has 0 radical (unpaired) electrons. The third-order valence-corrected chi connectivity index (χ3v) is 4.37. The van der Waals surface area contributed by atoms with Gasteiger partial charge in [0.25, 0.3) is 5.69 Å². The van der Waals surface area contributed by atoms with E-state index in [4.69, 9.17) is 9.15 Å². The van der Waals surface area contributed by atoms with Crippen molar-refractivity contribution < 1.29 is 18.9 Å². The molecule has 140 valence electrons. The highest BCUT2D eigenvalue weighted by Gasteiger charge is 2.31. The maximum Gasteiger partial charge on any atom is 0.310 e. The molecule has 9 nitrogen and oxygen atoms in total. The molecular formula is C18H18N4O5. The van der Waals surface area contributed by atoms with Gasteiger partial charge in [0.1, 0.15) is 11.6 Å². The summed E-state index contributed by atoms with van der Waals surface area (Å²) < 4.78 is 10.8. The first kappa shape index (κ1) is 18.4. The minimum atomic E-state index is -0.525. The van der Waals surface area contributed by atoms with Crippen LogP contribution in [0.2, 0.25) is 0 Å². The second-order valence-corrected chi connectivity index (χ2v) is 6.10. The van der Waals surface area contributed by atoms with E-state index in [0.717, 1.165) is 6.42 Å². The zero-order valence-corrected chi connectivity index (χ0v) is 14.8. The molecule has 0 amide bonds. The lowest BCUT2D eigenvalue weighted by molar-refractivity contribution is -0.384. The number of anilines is 1. The van der Waals surface area contributed by atoms with Gasteiger partial charge in [0.2, 0.25) is 17.5 Å². The number of oxazole rings is 1. The standard InChI is InChI=1S/C18H18N4O5/c1-2-26-18(23)12-6-5-9-21(11-12)17-14(10-19)20-16(27-17)13-7-3-4-8-15(13)22(24)25/h3-4,7-8,12H,2,5-6,9,11H2,1H3. The summed E-state index contributed by atoms with van der Waals surface area (Å²) in [5.74, 6) is -0.365. The van der Waals surface area contributed by atoms with Gasteiger partial charge in [-0.05, 0) is 25.8 Å². The highest BCUT2D eigenvalue weighted by molar-refractivity contribution is 5.74. The van der Waals surface area contributed by atoms with Crippen LogP contribution in [0.1, 0.15) is 25.5 Å². The first-order chi connectivity index (χ1) is 13.0. The predicted octanol–water partition coefficient (Wildman–Crippen LogP) is 2.90. The number of ether oxygens (including phenoxy) is 1. The van der Waals surface area contributed by atoms with Crippen LogP contribution in [0.5, 0.6) is 0 Å². The number of carbonyl (C=O) groups excluding carboxylic acids is 1. The van der Waals surface area contributed by atoms with Gasteiger partial charge in [-0.2, -0.15) is 10.2 Å². The molecule has 1 aliphatic rings. The monoisotopic (exact) mass is 370 g/mol. The number of esters is 1. The van der Waals surface area contributed by atoms with Crippen LogP contribution in [-0.4, -0.2) is 35.6 Å². The Labute approximate surface area is 155 Å². The van der Waals surface area contributed by atoms with Crippen LogP contribution in [-0.2, 0) is 9.53 Å². The summed E-state index contributed by atoms with van der Waals surface area (Å²) in [6.07, 6.45) is 1.43. The third kappa shape index (κ3) is 3.74. The van der Waals surface area contributed by atoms with Crippen LogP contribution in [0.4, 0.5) is 11.6 Å². The van der Waals surface area contributed by atoms with Gasteiger partial charge in [-0.15, -0.1) is 0 Å². The fraction of sp³-hybridized carbons (Fsp3) is 0.389. The third-order valence-electron chi connectivity index (χ3n) is 4.37.